The highest BCUT2D eigenvalue weighted by Crippen LogP contribution is 2.40. The largest absolute Gasteiger partial charge is 0.416 e. The Hall–Kier alpha value is -2.88. The van der Waals surface area contributed by atoms with E-state index in [4.69, 9.17) is 4.74 Å². The molecule has 2 fully saturated rings. The number of nitrogens with one attached hydrogen (secondary N) is 1. The van der Waals surface area contributed by atoms with Crippen LogP contribution in [-0.4, -0.2) is 60.8 Å². The molecule has 0 radical (unpaired) electrons. The van der Waals surface area contributed by atoms with Gasteiger partial charge in [0, 0.05) is 50.9 Å². The molecule has 0 bridgehead atoms. The van der Waals surface area contributed by atoms with E-state index in [0.717, 1.165) is 24.6 Å². The second-order valence-electron chi connectivity index (χ2n) is 8.79. The molecule has 1 aromatic carbocycles. The summed E-state index contributed by atoms with van der Waals surface area (Å²) in [4.78, 5) is 26.1. The minimum atomic E-state index is -4.42. The number of piperazine rings is 1. The molecule has 7 nitrogen and oxygen atoms in total. The fourth-order valence-corrected chi connectivity index (χ4v) is 5.09. The van der Waals surface area contributed by atoms with Crippen molar-refractivity contribution in [1.82, 2.24) is 15.3 Å². The number of ether oxygens (including phenoxy) is 1. The van der Waals surface area contributed by atoms with E-state index < -0.39 is 17.7 Å². The predicted octanol–water partition coefficient (Wildman–Crippen LogP) is 2.66. The van der Waals surface area contributed by atoms with Gasteiger partial charge in [0.15, 0.2) is 0 Å². The van der Waals surface area contributed by atoms with Crippen LogP contribution in [0.25, 0.3) is 0 Å². The first-order chi connectivity index (χ1) is 15.9. The van der Waals surface area contributed by atoms with Crippen molar-refractivity contribution in [1.29, 1.82) is 0 Å². The third kappa shape index (κ3) is 4.48. The van der Waals surface area contributed by atoms with Gasteiger partial charge in [-0.3, -0.25) is 4.79 Å². The minimum Gasteiger partial charge on any atom is -0.376 e. The van der Waals surface area contributed by atoms with E-state index in [1.807, 2.05) is 4.90 Å². The van der Waals surface area contributed by atoms with Gasteiger partial charge in [0.25, 0.3) is 0 Å². The molecular weight excluding hydrogens is 435 g/mol. The third-order valence-corrected chi connectivity index (χ3v) is 6.74. The summed E-state index contributed by atoms with van der Waals surface area (Å²) in [5, 5.41) is 3.00. The number of amides is 1. The third-order valence-electron chi connectivity index (χ3n) is 6.74. The predicted molar refractivity (Wildman–Crippen MR) is 116 cm³/mol. The van der Waals surface area contributed by atoms with Crippen molar-refractivity contribution in [3.63, 3.8) is 0 Å². The van der Waals surface area contributed by atoms with Gasteiger partial charge >= 0.3 is 6.18 Å². The summed E-state index contributed by atoms with van der Waals surface area (Å²) in [7, 11) is 0. The molecule has 2 aromatic rings. The maximum absolute atomic E-state index is 13.4. The van der Waals surface area contributed by atoms with Crippen molar-refractivity contribution in [2.24, 2.45) is 5.92 Å². The van der Waals surface area contributed by atoms with Gasteiger partial charge in [-0.15, -0.1) is 0 Å². The lowest BCUT2D eigenvalue weighted by Gasteiger charge is -2.49. The minimum absolute atomic E-state index is 0.00154. The first-order valence-electron chi connectivity index (χ1n) is 11.3. The Kier molecular flexibility index (Phi) is 5.86. The number of hydrogen-bond donors (Lipinski definition) is 1. The van der Waals surface area contributed by atoms with Crippen LogP contribution >= 0.6 is 0 Å². The van der Waals surface area contributed by atoms with Gasteiger partial charge in [-0.25, -0.2) is 9.97 Å². The van der Waals surface area contributed by atoms with Crippen molar-refractivity contribution in [3.05, 3.63) is 47.8 Å². The number of aromatic nitrogens is 2. The van der Waals surface area contributed by atoms with E-state index in [1.165, 1.54) is 6.07 Å². The molecule has 1 aromatic heterocycles. The standard InChI is InChI=1S/C23H26F3N5O2/c24-23(25,26)16-4-5-19-15(11-16)12-18(21(32)29-13-17-3-1-10-33-17)20-14-30(8-9-31(19)20)22-27-6-2-7-28-22/h2,4-7,11,17-18,20H,1,3,8-10,12-14H2,(H,29,32). The van der Waals surface area contributed by atoms with E-state index in [2.05, 4.69) is 20.2 Å². The lowest BCUT2D eigenvalue weighted by molar-refractivity contribution is -0.137. The van der Waals surface area contributed by atoms with Crippen molar-refractivity contribution in [2.75, 3.05) is 42.6 Å². The van der Waals surface area contributed by atoms with Gasteiger partial charge in [-0.05, 0) is 49.1 Å². The zero-order valence-electron chi connectivity index (χ0n) is 18.1. The molecule has 0 spiro atoms. The average molecular weight is 461 g/mol. The molecule has 1 N–H and O–H groups in total. The lowest BCUT2D eigenvalue weighted by Crippen LogP contribution is -2.61. The molecule has 0 saturated carbocycles. The highest BCUT2D eigenvalue weighted by atomic mass is 19.4. The second-order valence-corrected chi connectivity index (χ2v) is 8.79. The van der Waals surface area contributed by atoms with Crippen molar-refractivity contribution in [2.45, 2.75) is 37.6 Å². The van der Waals surface area contributed by atoms with Crippen molar-refractivity contribution in [3.8, 4) is 0 Å². The number of fused-ring (bicyclic) bond motifs is 3. The Morgan fingerprint density at radius 3 is 2.76 bits per heavy atom. The van der Waals surface area contributed by atoms with Gasteiger partial charge in [-0.2, -0.15) is 13.2 Å². The summed E-state index contributed by atoms with van der Waals surface area (Å²) < 4.78 is 45.7. The normalized spacial score (nSPS) is 24.9. The van der Waals surface area contributed by atoms with Crippen LogP contribution in [0.2, 0.25) is 0 Å². The maximum atomic E-state index is 13.4. The summed E-state index contributed by atoms with van der Waals surface area (Å²) >= 11 is 0. The van der Waals surface area contributed by atoms with Gasteiger partial charge in [0.1, 0.15) is 0 Å². The summed E-state index contributed by atoms with van der Waals surface area (Å²) in [5.74, 6) is -0.0535. The number of carbonyl (C=O) groups is 1. The smallest absolute Gasteiger partial charge is 0.376 e. The van der Waals surface area contributed by atoms with E-state index in [0.29, 0.717) is 44.3 Å². The van der Waals surface area contributed by atoms with Gasteiger partial charge in [0.05, 0.1) is 23.6 Å². The average Bonchev–Trinajstić information content (AvgIpc) is 3.35. The number of nitrogens with zero attached hydrogens (tertiary/aromatic N) is 4. The number of rotatable bonds is 4. The molecular formula is C23H26F3N5O2. The van der Waals surface area contributed by atoms with E-state index in [9.17, 15) is 18.0 Å². The van der Waals surface area contributed by atoms with Gasteiger partial charge < -0.3 is 19.9 Å². The highest BCUT2D eigenvalue weighted by molar-refractivity contribution is 5.82. The quantitative estimate of drug-likeness (QED) is 0.755. The first kappa shape index (κ1) is 21.9. The van der Waals surface area contributed by atoms with Crippen LogP contribution in [0.4, 0.5) is 24.8 Å². The first-order valence-corrected chi connectivity index (χ1v) is 11.3. The zero-order chi connectivity index (χ0) is 23.0. The lowest BCUT2D eigenvalue weighted by atomic mass is 9.82. The Morgan fingerprint density at radius 1 is 1.21 bits per heavy atom. The number of hydrogen-bond acceptors (Lipinski definition) is 6. The molecule has 0 aliphatic carbocycles. The molecule has 33 heavy (non-hydrogen) atoms. The number of carbonyl (C=O) groups excluding carboxylic acids is 1. The summed E-state index contributed by atoms with van der Waals surface area (Å²) in [6.07, 6.45) is 1.05. The molecule has 3 unspecified atom stereocenters. The molecule has 3 aliphatic heterocycles. The molecule has 3 atom stereocenters. The van der Waals surface area contributed by atoms with Crippen LogP contribution in [0, 0.1) is 5.92 Å². The molecule has 2 saturated heterocycles. The summed E-state index contributed by atoms with van der Waals surface area (Å²) in [6, 6.07) is 5.41. The van der Waals surface area contributed by atoms with E-state index >= 15 is 0 Å². The molecule has 5 rings (SSSR count). The van der Waals surface area contributed by atoms with E-state index in [1.54, 1.807) is 24.5 Å². The molecule has 176 valence electrons. The second kappa shape index (κ2) is 8.81. The Bertz CT molecular complexity index is 997. The Balaban J connectivity index is 1.42. The number of alkyl halides is 3. The molecule has 4 heterocycles. The van der Waals surface area contributed by atoms with Crippen LogP contribution in [-0.2, 0) is 22.1 Å². The maximum Gasteiger partial charge on any atom is 0.416 e. The monoisotopic (exact) mass is 461 g/mol. The number of anilines is 2. The van der Waals surface area contributed by atoms with Crippen LogP contribution < -0.4 is 15.1 Å². The van der Waals surface area contributed by atoms with Crippen molar-refractivity contribution < 1.29 is 22.7 Å². The van der Waals surface area contributed by atoms with Crippen LogP contribution in [0.5, 0.6) is 0 Å². The summed E-state index contributed by atoms with van der Waals surface area (Å²) in [5.41, 5.74) is 0.641. The zero-order valence-corrected chi connectivity index (χ0v) is 18.1. The Morgan fingerprint density at radius 2 is 2.03 bits per heavy atom. The SMILES string of the molecule is O=C(NCC1CCCO1)C1Cc2cc(C(F)(F)F)ccc2N2CCN(c3ncccn3)CC12. The molecule has 1 amide bonds. The van der Waals surface area contributed by atoms with Crippen LogP contribution in [0.3, 0.4) is 0 Å². The fourth-order valence-electron chi connectivity index (χ4n) is 5.09. The molecule has 10 heteroatoms. The number of halogens is 3. The van der Waals surface area contributed by atoms with Gasteiger partial charge in [0.2, 0.25) is 11.9 Å². The van der Waals surface area contributed by atoms with Crippen LogP contribution in [0.15, 0.2) is 36.7 Å². The van der Waals surface area contributed by atoms with Crippen LogP contribution in [0.1, 0.15) is 24.0 Å². The summed E-state index contributed by atoms with van der Waals surface area (Å²) in [6.45, 7) is 2.81. The highest BCUT2D eigenvalue weighted by Gasteiger charge is 2.43. The fraction of sp³-hybridized carbons (Fsp3) is 0.522. The number of benzene rings is 1. The Labute approximate surface area is 189 Å². The van der Waals surface area contributed by atoms with Crippen molar-refractivity contribution >= 4 is 17.5 Å². The van der Waals surface area contributed by atoms with Gasteiger partial charge in [-0.1, -0.05) is 0 Å². The topological polar surface area (TPSA) is 70.6 Å². The van der Waals surface area contributed by atoms with E-state index in [-0.39, 0.29) is 24.5 Å². The molecule has 3 aliphatic rings.